The fourth-order valence-electron chi connectivity index (χ4n) is 2.47. The van der Waals surface area contributed by atoms with Crippen molar-refractivity contribution >= 4 is 23.2 Å². The van der Waals surface area contributed by atoms with Crippen LogP contribution in [0.15, 0.2) is 12.1 Å². The molecule has 1 saturated heterocycles. The maximum atomic E-state index is 12.0. The SMILES string of the molecule is Nc1cc2c(cc1NC(=O)CCC(=O)N1CCOCC1)OCO2. The molecule has 8 nitrogen and oxygen atoms in total. The molecule has 0 aromatic heterocycles. The summed E-state index contributed by atoms with van der Waals surface area (Å²) in [5.74, 6) is 0.793. The topological polar surface area (TPSA) is 103 Å². The van der Waals surface area contributed by atoms with E-state index in [4.69, 9.17) is 19.9 Å². The van der Waals surface area contributed by atoms with Crippen molar-refractivity contribution < 1.29 is 23.8 Å². The zero-order chi connectivity index (χ0) is 16.2. The van der Waals surface area contributed by atoms with E-state index >= 15 is 0 Å². The number of fused-ring (bicyclic) bond motifs is 1. The molecule has 3 N–H and O–H groups in total. The highest BCUT2D eigenvalue weighted by Crippen LogP contribution is 2.38. The van der Waals surface area contributed by atoms with E-state index < -0.39 is 0 Å². The van der Waals surface area contributed by atoms with E-state index in [2.05, 4.69) is 5.32 Å². The summed E-state index contributed by atoms with van der Waals surface area (Å²) in [5.41, 5.74) is 6.72. The van der Waals surface area contributed by atoms with Gasteiger partial charge in [-0.1, -0.05) is 0 Å². The summed E-state index contributed by atoms with van der Waals surface area (Å²) in [6.45, 7) is 2.39. The molecule has 8 heteroatoms. The van der Waals surface area contributed by atoms with Crippen molar-refractivity contribution in [2.24, 2.45) is 0 Å². The van der Waals surface area contributed by atoms with Gasteiger partial charge < -0.3 is 30.2 Å². The van der Waals surface area contributed by atoms with E-state index in [1.54, 1.807) is 17.0 Å². The first kappa shape index (κ1) is 15.4. The van der Waals surface area contributed by atoms with Crippen molar-refractivity contribution in [3.05, 3.63) is 12.1 Å². The number of hydrogen-bond donors (Lipinski definition) is 2. The molecule has 1 aromatic rings. The van der Waals surface area contributed by atoms with E-state index in [0.717, 1.165) is 0 Å². The minimum atomic E-state index is -0.267. The van der Waals surface area contributed by atoms with Gasteiger partial charge in [0.1, 0.15) is 0 Å². The number of nitrogens with two attached hydrogens (primary N) is 1. The van der Waals surface area contributed by atoms with Gasteiger partial charge in [-0.15, -0.1) is 0 Å². The smallest absolute Gasteiger partial charge is 0.231 e. The normalized spacial score (nSPS) is 16.3. The van der Waals surface area contributed by atoms with Crippen LogP contribution in [0.25, 0.3) is 0 Å². The molecule has 124 valence electrons. The van der Waals surface area contributed by atoms with E-state index in [9.17, 15) is 9.59 Å². The van der Waals surface area contributed by atoms with Gasteiger partial charge in [0.2, 0.25) is 18.6 Å². The van der Waals surface area contributed by atoms with Crippen LogP contribution in [-0.4, -0.2) is 49.8 Å². The number of anilines is 2. The highest BCUT2D eigenvalue weighted by molar-refractivity contribution is 5.96. The third-order valence-electron chi connectivity index (χ3n) is 3.75. The van der Waals surface area contributed by atoms with Gasteiger partial charge in [-0.2, -0.15) is 0 Å². The van der Waals surface area contributed by atoms with Gasteiger partial charge in [0, 0.05) is 38.1 Å². The lowest BCUT2D eigenvalue weighted by Crippen LogP contribution is -2.40. The molecule has 0 aliphatic carbocycles. The van der Waals surface area contributed by atoms with Crippen LogP contribution < -0.4 is 20.5 Å². The standard InChI is InChI=1S/C15H19N3O5/c16-10-7-12-13(23-9-22-12)8-11(10)17-14(19)1-2-15(20)18-3-5-21-6-4-18/h7-8H,1-6,9,16H2,(H,17,19). The second kappa shape index (κ2) is 6.74. The van der Waals surface area contributed by atoms with Crippen LogP contribution in [-0.2, 0) is 14.3 Å². The molecule has 0 radical (unpaired) electrons. The predicted octanol–water partition coefficient (Wildman–Crippen LogP) is 0.575. The van der Waals surface area contributed by atoms with Gasteiger partial charge in [-0.05, 0) is 0 Å². The van der Waals surface area contributed by atoms with Gasteiger partial charge in [0.15, 0.2) is 11.5 Å². The lowest BCUT2D eigenvalue weighted by molar-refractivity contribution is -0.136. The van der Waals surface area contributed by atoms with Crippen LogP contribution in [0.4, 0.5) is 11.4 Å². The second-order valence-corrected chi connectivity index (χ2v) is 5.33. The Kier molecular flexibility index (Phi) is 4.52. The van der Waals surface area contributed by atoms with Crippen molar-refractivity contribution in [1.29, 1.82) is 0 Å². The average Bonchev–Trinajstić information content (AvgIpc) is 3.01. The zero-order valence-corrected chi connectivity index (χ0v) is 12.7. The summed E-state index contributed by atoms with van der Waals surface area (Å²) >= 11 is 0. The number of amides is 2. The molecule has 0 bridgehead atoms. The van der Waals surface area contributed by atoms with Crippen molar-refractivity contribution in [2.45, 2.75) is 12.8 Å². The number of morpholine rings is 1. The molecule has 3 rings (SSSR count). The minimum Gasteiger partial charge on any atom is -0.454 e. The third-order valence-corrected chi connectivity index (χ3v) is 3.75. The number of carbonyl (C=O) groups excluding carboxylic acids is 2. The molecule has 2 aliphatic heterocycles. The van der Waals surface area contributed by atoms with Crippen LogP contribution in [0.2, 0.25) is 0 Å². The Morgan fingerprint density at radius 3 is 2.57 bits per heavy atom. The highest BCUT2D eigenvalue weighted by atomic mass is 16.7. The van der Waals surface area contributed by atoms with Crippen LogP contribution in [0.1, 0.15) is 12.8 Å². The van der Waals surface area contributed by atoms with Crippen LogP contribution in [0.5, 0.6) is 11.5 Å². The number of benzene rings is 1. The van der Waals surface area contributed by atoms with E-state index in [1.807, 2.05) is 0 Å². The molecule has 1 fully saturated rings. The molecule has 1 aromatic carbocycles. The van der Waals surface area contributed by atoms with E-state index in [0.29, 0.717) is 49.2 Å². The van der Waals surface area contributed by atoms with Crippen LogP contribution in [0.3, 0.4) is 0 Å². The number of hydrogen-bond acceptors (Lipinski definition) is 6. The number of rotatable bonds is 4. The Labute approximate surface area is 133 Å². The van der Waals surface area contributed by atoms with Gasteiger partial charge in [-0.25, -0.2) is 0 Å². The lowest BCUT2D eigenvalue weighted by atomic mass is 10.2. The number of nitrogen functional groups attached to an aromatic ring is 1. The Morgan fingerprint density at radius 1 is 1.13 bits per heavy atom. The van der Waals surface area contributed by atoms with Gasteiger partial charge in [-0.3, -0.25) is 9.59 Å². The molecule has 2 amide bonds. The number of ether oxygens (including phenoxy) is 3. The first-order valence-corrected chi connectivity index (χ1v) is 7.48. The number of carbonyl (C=O) groups is 2. The fraction of sp³-hybridized carbons (Fsp3) is 0.467. The zero-order valence-electron chi connectivity index (χ0n) is 12.7. The second-order valence-electron chi connectivity index (χ2n) is 5.33. The van der Waals surface area contributed by atoms with Gasteiger partial charge >= 0.3 is 0 Å². The Hall–Kier alpha value is -2.48. The number of nitrogens with zero attached hydrogens (tertiary/aromatic N) is 1. The Balaban J connectivity index is 1.52. The maximum absolute atomic E-state index is 12.0. The Bertz CT molecular complexity index is 613. The molecule has 0 spiro atoms. The van der Waals surface area contributed by atoms with Crippen molar-refractivity contribution in [3.63, 3.8) is 0 Å². The largest absolute Gasteiger partial charge is 0.454 e. The molecular formula is C15H19N3O5. The van der Waals surface area contributed by atoms with Crippen LogP contribution >= 0.6 is 0 Å². The monoisotopic (exact) mass is 321 g/mol. The highest BCUT2D eigenvalue weighted by Gasteiger charge is 2.19. The summed E-state index contributed by atoms with van der Waals surface area (Å²) in [5, 5.41) is 2.70. The average molecular weight is 321 g/mol. The predicted molar refractivity (Wildman–Crippen MR) is 82.2 cm³/mol. The maximum Gasteiger partial charge on any atom is 0.231 e. The van der Waals surface area contributed by atoms with Crippen molar-refractivity contribution in [3.8, 4) is 11.5 Å². The first-order chi connectivity index (χ1) is 11.1. The third kappa shape index (κ3) is 3.65. The molecule has 0 saturated carbocycles. The van der Waals surface area contributed by atoms with Crippen LogP contribution in [0, 0.1) is 0 Å². The molecule has 2 aliphatic rings. The van der Waals surface area contributed by atoms with Crippen molar-refractivity contribution in [2.75, 3.05) is 44.1 Å². The summed E-state index contributed by atoms with van der Waals surface area (Å²) in [7, 11) is 0. The Morgan fingerprint density at radius 2 is 1.83 bits per heavy atom. The molecular weight excluding hydrogens is 302 g/mol. The molecule has 23 heavy (non-hydrogen) atoms. The minimum absolute atomic E-state index is 0.0397. The van der Waals surface area contributed by atoms with E-state index in [-0.39, 0.29) is 31.4 Å². The molecule has 0 unspecified atom stereocenters. The summed E-state index contributed by atoms with van der Waals surface area (Å²) in [6.07, 6.45) is 0.264. The van der Waals surface area contributed by atoms with Gasteiger partial charge in [0.05, 0.1) is 24.6 Å². The fourth-order valence-corrected chi connectivity index (χ4v) is 2.47. The van der Waals surface area contributed by atoms with Crippen molar-refractivity contribution in [1.82, 2.24) is 4.90 Å². The number of nitrogens with one attached hydrogen (secondary N) is 1. The summed E-state index contributed by atoms with van der Waals surface area (Å²) < 4.78 is 15.7. The van der Waals surface area contributed by atoms with Gasteiger partial charge in [0.25, 0.3) is 0 Å². The lowest BCUT2D eigenvalue weighted by Gasteiger charge is -2.26. The summed E-state index contributed by atoms with van der Waals surface area (Å²) in [4.78, 5) is 25.7. The molecule has 0 atom stereocenters. The van der Waals surface area contributed by atoms with E-state index in [1.165, 1.54) is 0 Å². The quantitative estimate of drug-likeness (QED) is 0.786. The first-order valence-electron chi connectivity index (χ1n) is 7.48. The molecule has 2 heterocycles. The summed E-state index contributed by atoms with van der Waals surface area (Å²) in [6, 6.07) is 3.23.